The zero-order chi connectivity index (χ0) is 20.4. The van der Waals surface area contributed by atoms with Gasteiger partial charge in [0.15, 0.2) is 6.10 Å². The van der Waals surface area contributed by atoms with Crippen molar-refractivity contribution < 1.29 is 27.1 Å². The average Bonchev–Trinajstić information content (AvgIpc) is 3.17. The molecule has 1 atom stereocenters. The van der Waals surface area contributed by atoms with Crippen LogP contribution in [0.2, 0.25) is 0 Å². The second kappa shape index (κ2) is 8.08. The Morgan fingerprint density at radius 3 is 2.52 bits per heavy atom. The van der Waals surface area contributed by atoms with Crippen LogP contribution in [0, 0.1) is 17.5 Å². The van der Waals surface area contributed by atoms with Crippen LogP contribution >= 0.6 is 0 Å². The smallest absolute Gasteiger partial charge is 0.254 e. The summed E-state index contributed by atoms with van der Waals surface area (Å²) >= 11 is 0. The van der Waals surface area contributed by atoms with E-state index in [1.165, 1.54) is 17.0 Å². The zero-order valence-corrected chi connectivity index (χ0v) is 15.3. The molecule has 0 bridgehead atoms. The van der Waals surface area contributed by atoms with E-state index < -0.39 is 23.6 Å². The van der Waals surface area contributed by atoms with Gasteiger partial charge in [0.25, 0.3) is 5.91 Å². The first-order valence-corrected chi connectivity index (χ1v) is 9.04. The van der Waals surface area contributed by atoms with Crippen LogP contribution in [0.3, 0.4) is 0 Å². The molecule has 1 aliphatic rings. The van der Waals surface area contributed by atoms with E-state index in [0.717, 1.165) is 17.7 Å². The van der Waals surface area contributed by atoms with E-state index in [0.29, 0.717) is 24.1 Å². The SMILES string of the molecule is O=C(c1cc(F)cc(F)c1)N1CCO[C@@H](c2ncc(Cc3ccc(F)cc3)o2)C1. The number of halogens is 3. The van der Waals surface area contributed by atoms with Crippen LogP contribution in [0.5, 0.6) is 0 Å². The van der Waals surface area contributed by atoms with Crippen LogP contribution < -0.4 is 0 Å². The summed E-state index contributed by atoms with van der Waals surface area (Å²) in [5, 5.41) is 0. The molecular weight excluding hydrogens is 385 g/mol. The highest BCUT2D eigenvalue weighted by Gasteiger charge is 2.29. The number of oxazole rings is 1. The lowest BCUT2D eigenvalue weighted by Gasteiger charge is -2.31. The summed E-state index contributed by atoms with van der Waals surface area (Å²) in [6, 6.07) is 8.78. The van der Waals surface area contributed by atoms with Gasteiger partial charge < -0.3 is 14.1 Å². The molecule has 0 unspecified atom stereocenters. The first-order valence-electron chi connectivity index (χ1n) is 9.04. The quantitative estimate of drug-likeness (QED) is 0.664. The van der Waals surface area contributed by atoms with E-state index in [9.17, 15) is 18.0 Å². The third-order valence-electron chi connectivity index (χ3n) is 4.60. The number of hydrogen-bond acceptors (Lipinski definition) is 4. The number of ether oxygens (including phenoxy) is 1. The summed E-state index contributed by atoms with van der Waals surface area (Å²) in [6.07, 6.45) is 1.41. The van der Waals surface area contributed by atoms with E-state index in [1.807, 2.05) is 0 Å². The van der Waals surface area contributed by atoms with Crippen molar-refractivity contribution in [1.29, 1.82) is 0 Å². The molecule has 4 rings (SSSR count). The van der Waals surface area contributed by atoms with Crippen molar-refractivity contribution in [3.8, 4) is 0 Å². The molecule has 0 aliphatic carbocycles. The van der Waals surface area contributed by atoms with E-state index in [1.54, 1.807) is 18.3 Å². The third-order valence-corrected chi connectivity index (χ3v) is 4.60. The molecule has 1 fully saturated rings. The van der Waals surface area contributed by atoms with Gasteiger partial charge in [-0.25, -0.2) is 18.2 Å². The lowest BCUT2D eigenvalue weighted by atomic mass is 10.1. The molecule has 0 N–H and O–H groups in total. The molecule has 0 spiro atoms. The highest BCUT2D eigenvalue weighted by molar-refractivity contribution is 5.94. The Bertz CT molecular complexity index is 1000. The van der Waals surface area contributed by atoms with Gasteiger partial charge >= 0.3 is 0 Å². The van der Waals surface area contributed by atoms with Gasteiger partial charge in [-0.05, 0) is 29.8 Å². The molecule has 0 radical (unpaired) electrons. The topological polar surface area (TPSA) is 55.6 Å². The lowest BCUT2D eigenvalue weighted by Crippen LogP contribution is -2.42. The van der Waals surface area contributed by atoms with Crippen molar-refractivity contribution in [3.05, 3.63) is 88.9 Å². The Morgan fingerprint density at radius 1 is 1.07 bits per heavy atom. The van der Waals surface area contributed by atoms with Gasteiger partial charge in [-0.2, -0.15) is 0 Å². The van der Waals surface area contributed by atoms with E-state index in [4.69, 9.17) is 9.15 Å². The highest BCUT2D eigenvalue weighted by Crippen LogP contribution is 2.24. The Labute approximate surface area is 164 Å². The number of carbonyl (C=O) groups is 1. The Morgan fingerprint density at radius 2 is 1.79 bits per heavy atom. The van der Waals surface area contributed by atoms with Gasteiger partial charge in [-0.3, -0.25) is 4.79 Å². The summed E-state index contributed by atoms with van der Waals surface area (Å²) in [5.41, 5.74) is 0.802. The zero-order valence-electron chi connectivity index (χ0n) is 15.3. The maximum absolute atomic E-state index is 13.4. The maximum Gasteiger partial charge on any atom is 0.254 e. The number of aromatic nitrogens is 1. The predicted molar refractivity (Wildman–Crippen MR) is 96.7 cm³/mol. The van der Waals surface area contributed by atoms with Crippen LogP contribution in [0.15, 0.2) is 53.1 Å². The Hall–Kier alpha value is -3.13. The molecule has 29 heavy (non-hydrogen) atoms. The minimum Gasteiger partial charge on any atom is -0.442 e. The molecule has 2 heterocycles. The number of rotatable bonds is 4. The Balaban J connectivity index is 1.45. The van der Waals surface area contributed by atoms with Gasteiger partial charge in [0, 0.05) is 24.6 Å². The standard InChI is InChI=1S/C21H17F3N2O3/c22-15-3-1-13(2-4-15)7-18-11-25-20(29-18)19-12-26(5-6-28-19)21(27)14-8-16(23)10-17(24)9-14/h1-4,8-11,19H,5-7,12H2/t19-/m1/s1. The van der Waals surface area contributed by atoms with Crippen LogP contribution in [0.4, 0.5) is 13.2 Å². The molecule has 0 saturated carbocycles. The monoisotopic (exact) mass is 402 g/mol. The van der Waals surface area contributed by atoms with Crippen molar-refractivity contribution in [1.82, 2.24) is 9.88 Å². The van der Waals surface area contributed by atoms with Crippen LogP contribution in [0.1, 0.15) is 33.7 Å². The lowest BCUT2D eigenvalue weighted by molar-refractivity contribution is -0.0349. The van der Waals surface area contributed by atoms with Crippen molar-refractivity contribution in [3.63, 3.8) is 0 Å². The fourth-order valence-electron chi connectivity index (χ4n) is 3.20. The van der Waals surface area contributed by atoms with Gasteiger partial charge in [0.2, 0.25) is 5.89 Å². The number of hydrogen-bond donors (Lipinski definition) is 0. The molecule has 8 heteroatoms. The summed E-state index contributed by atoms with van der Waals surface area (Å²) in [7, 11) is 0. The van der Waals surface area contributed by atoms with Gasteiger partial charge in [0.1, 0.15) is 23.2 Å². The maximum atomic E-state index is 13.4. The van der Waals surface area contributed by atoms with Crippen LogP contribution in [-0.4, -0.2) is 35.5 Å². The minimum atomic E-state index is -0.809. The second-order valence-corrected chi connectivity index (χ2v) is 6.74. The molecular formula is C21H17F3N2O3. The number of carbonyl (C=O) groups excluding carboxylic acids is 1. The summed E-state index contributed by atoms with van der Waals surface area (Å²) in [5.74, 6) is -1.54. The largest absolute Gasteiger partial charge is 0.442 e. The number of amides is 1. The average molecular weight is 402 g/mol. The molecule has 150 valence electrons. The molecule has 1 aliphatic heterocycles. The molecule has 1 aromatic heterocycles. The van der Waals surface area contributed by atoms with Crippen molar-refractivity contribution in [2.75, 3.05) is 19.7 Å². The van der Waals surface area contributed by atoms with Gasteiger partial charge in [-0.15, -0.1) is 0 Å². The molecule has 1 saturated heterocycles. The molecule has 1 amide bonds. The van der Waals surface area contributed by atoms with E-state index >= 15 is 0 Å². The third kappa shape index (κ3) is 4.48. The molecule has 3 aromatic rings. The van der Waals surface area contributed by atoms with Crippen LogP contribution in [0.25, 0.3) is 0 Å². The second-order valence-electron chi connectivity index (χ2n) is 6.74. The predicted octanol–water partition coefficient (Wildman–Crippen LogP) is 3.90. The number of nitrogens with zero attached hydrogens (tertiary/aromatic N) is 2. The number of morpholine rings is 1. The van der Waals surface area contributed by atoms with Crippen molar-refractivity contribution in [2.45, 2.75) is 12.5 Å². The first kappa shape index (κ1) is 19.2. The van der Waals surface area contributed by atoms with E-state index in [-0.39, 0.29) is 31.1 Å². The summed E-state index contributed by atoms with van der Waals surface area (Å²) in [4.78, 5) is 18.3. The normalized spacial score (nSPS) is 16.8. The summed E-state index contributed by atoms with van der Waals surface area (Å²) in [6.45, 7) is 0.675. The summed E-state index contributed by atoms with van der Waals surface area (Å²) < 4.78 is 51.3. The van der Waals surface area contributed by atoms with Gasteiger partial charge in [-0.1, -0.05) is 12.1 Å². The first-order chi connectivity index (χ1) is 14.0. The van der Waals surface area contributed by atoms with E-state index in [2.05, 4.69) is 4.98 Å². The van der Waals surface area contributed by atoms with Gasteiger partial charge in [0.05, 0.1) is 19.3 Å². The molecule has 2 aromatic carbocycles. The number of benzene rings is 2. The highest BCUT2D eigenvalue weighted by atomic mass is 19.1. The molecule has 5 nitrogen and oxygen atoms in total. The fourth-order valence-corrected chi connectivity index (χ4v) is 3.20. The van der Waals surface area contributed by atoms with Crippen molar-refractivity contribution in [2.24, 2.45) is 0 Å². The van der Waals surface area contributed by atoms with Crippen molar-refractivity contribution >= 4 is 5.91 Å². The fraction of sp³-hybridized carbons (Fsp3) is 0.238. The minimum absolute atomic E-state index is 0.0625. The van der Waals surface area contributed by atoms with Crippen LogP contribution in [-0.2, 0) is 11.2 Å². The Kier molecular flexibility index (Phi) is 5.35.